The zero-order valence-corrected chi connectivity index (χ0v) is 18.1. The predicted molar refractivity (Wildman–Crippen MR) is 118 cm³/mol. The van der Waals surface area contributed by atoms with Crippen molar-refractivity contribution in [1.29, 1.82) is 0 Å². The van der Waals surface area contributed by atoms with E-state index in [1.807, 2.05) is 53.4 Å². The van der Waals surface area contributed by atoms with Crippen LogP contribution in [0, 0.1) is 5.92 Å². The van der Waals surface area contributed by atoms with E-state index in [-0.39, 0.29) is 19.4 Å². The number of carbonyl (C=O) groups is 2. The van der Waals surface area contributed by atoms with Crippen LogP contribution in [0.5, 0.6) is 0 Å². The molecule has 32 heavy (non-hydrogen) atoms. The highest BCUT2D eigenvalue weighted by Gasteiger charge is 2.41. The number of nitrogens with one attached hydrogen (secondary N) is 2. The van der Waals surface area contributed by atoms with E-state index in [0.717, 1.165) is 22.6 Å². The fraction of sp³-hybridized carbons (Fsp3) is 0.391. The molecular weight excluding hydrogens is 421 g/mol. The van der Waals surface area contributed by atoms with Gasteiger partial charge in [0, 0.05) is 50.8 Å². The van der Waals surface area contributed by atoms with Crippen molar-refractivity contribution in [2.24, 2.45) is 5.92 Å². The molecule has 0 spiro atoms. The Kier molecular flexibility index (Phi) is 7.27. The quantitative estimate of drug-likeness (QED) is 0.681. The van der Waals surface area contributed by atoms with E-state index in [1.54, 1.807) is 0 Å². The van der Waals surface area contributed by atoms with Gasteiger partial charge in [-0.25, -0.2) is 0 Å². The minimum absolute atomic E-state index is 0.125. The van der Waals surface area contributed by atoms with Crippen LogP contribution in [-0.2, 0) is 16.1 Å². The summed E-state index contributed by atoms with van der Waals surface area (Å²) in [4.78, 5) is 26.5. The molecule has 2 N–H and O–H groups in total. The van der Waals surface area contributed by atoms with Gasteiger partial charge in [0.05, 0.1) is 5.92 Å². The monoisotopic (exact) mass is 448 g/mol. The smallest absolute Gasteiger partial charge is 0.372 e. The number of piperidine rings is 1. The largest absolute Gasteiger partial charge is 0.391 e. The van der Waals surface area contributed by atoms with Crippen molar-refractivity contribution in [3.05, 3.63) is 54.1 Å². The van der Waals surface area contributed by atoms with Gasteiger partial charge in [-0.1, -0.05) is 12.1 Å². The van der Waals surface area contributed by atoms with Crippen molar-refractivity contribution in [3.63, 3.8) is 0 Å². The fourth-order valence-electron chi connectivity index (χ4n) is 3.55. The van der Waals surface area contributed by atoms with Gasteiger partial charge in [0.1, 0.15) is 0 Å². The molecule has 2 amide bonds. The Hall–Kier alpha value is -3.23. The first kappa shape index (κ1) is 23.4. The number of alkyl halides is 3. The van der Waals surface area contributed by atoms with Crippen LogP contribution >= 0.6 is 0 Å². The number of rotatable bonds is 5. The van der Waals surface area contributed by atoms with Crippen LogP contribution < -0.4 is 15.5 Å². The topological polar surface area (TPSA) is 64.7 Å². The van der Waals surface area contributed by atoms with Crippen molar-refractivity contribution in [1.82, 2.24) is 10.2 Å². The highest BCUT2D eigenvalue weighted by atomic mass is 19.4. The van der Waals surface area contributed by atoms with E-state index in [2.05, 4.69) is 10.6 Å². The first-order valence-electron chi connectivity index (χ1n) is 10.4. The zero-order valence-electron chi connectivity index (χ0n) is 18.1. The molecule has 1 aliphatic rings. The highest BCUT2D eigenvalue weighted by molar-refractivity contribution is 6.34. The second kappa shape index (κ2) is 9.93. The summed E-state index contributed by atoms with van der Waals surface area (Å²) < 4.78 is 38.5. The lowest BCUT2D eigenvalue weighted by atomic mass is 9.96. The number of halogens is 3. The van der Waals surface area contributed by atoms with Gasteiger partial charge in [-0.05, 0) is 54.8 Å². The van der Waals surface area contributed by atoms with Crippen molar-refractivity contribution in [2.75, 3.05) is 37.4 Å². The van der Waals surface area contributed by atoms with E-state index in [4.69, 9.17) is 0 Å². The van der Waals surface area contributed by atoms with Crippen molar-refractivity contribution in [2.45, 2.75) is 25.6 Å². The van der Waals surface area contributed by atoms with E-state index in [9.17, 15) is 22.8 Å². The van der Waals surface area contributed by atoms with Crippen molar-refractivity contribution < 1.29 is 22.8 Å². The summed E-state index contributed by atoms with van der Waals surface area (Å²) in [7, 11) is 3.04. The third kappa shape index (κ3) is 6.15. The maximum Gasteiger partial charge on any atom is 0.391 e. The summed E-state index contributed by atoms with van der Waals surface area (Å²) in [5.74, 6) is -2.46. The van der Waals surface area contributed by atoms with Crippen LogP contribution in [-0.4, -0.2) is 50.1 Å². The molecule has 2 aromatic rings. The molecule has 9 heteroatoms. The minimum atomic E-state index is -4.11. The summed E-state index contributed by atoms with van der Waals surface area (Å²) in [6.45, 7) is 1.04. The van der Waals surface area contributed by atoms with E-state index < -0.39 is 23.9 Å². The predicted octanol–water partition coefficient (Wildman–Crippen LogP) is 3.91. The summed E-state index contributed by atoms with van der Waals surface area (Å²) >= 11 is 0. The number of benzene rings is 2. The Morgan fingerprint density at radius 2 is 1.50 bits per heavy atom. The Morgan fingerprint density at radius 3 is 2.00 bits per heavy atom. The standard InChI is InChI=1S/C23H27F3N4O2/c1-29(2)22(32)21(31)27-15-16-3-5-18(6-4-16)28-19-7-9-20(10-8-19)30-13-11-17(12-14-30)23(24,25)26/h3-10,17,28H,11-15H2,1-2H3,(H,27,31). The highest BCUT2D eigenvalue weighted by Crippen LogP contribution is 2.35. The van der Waals surface area contributed by atoms with Gasteiger partial charge < -0.3 is 20.4 Å². The molecule has 0 atom stereocenters. The molecule has 1 fully saturated rings. The number of nitrogens with zero attached hydrogens (tertiary/aromatic N) is 2. The molecule has 3 rings (SSSR count). The Morgan fingerprint density at radius 1 is 0.969 bits per heavy atom. The molecule has 0 bridgehead atoms. The molecule has 0 saturated carbocycles. The molecule has 1 saturated heterocycles. The first-order chi connectivity index (χ1) is 15.1. The lowest BCUT2D eigenvalue weighted by Gasteiger charge is -2.34. The number of hydrogen-bond donors (Lipinski definition) is 2. The average Bonchev–Trinajstić information content (AvgIpc) is 2.78. The van der Waals surface area contributed by atoms with Crippen LogP contribution in [0.15, 0.2) is 48.5 Å². The van der Waals surface area contributed by atoms with Gasteiger partial charge in [0.25, 0.3) is 0 Å². The summed E-state index contributed by atoms with van der Waals surface area (Å²) in [5, 5.41) is 5.85. The van der Waals surface area contributed by atoms with E-state index in [0.29, 0.717) is 13.1 Å². The van der Waals surface area contributed by atoms with Gasteiger partial charge in [-0.15, -0.1) is 0 Å². The molecule has 1 aliphatic heterocycles. The van der Waals surface area contributed by atoms with E-state index >= 15 is 0 Å². The lowest BCUT2D eigenvalue weighted by molar-refractivity contribution is -0.179. The Labute approximate surface area is 185 Å². The molecule has 0 aromatic heterocycles. The van der Waals surface area contributed by atoms with Crippen LogP contribution in [0.1, 0.15) is 18.4 Å². The maximum absolute atomic E-state index is 12.8. The number of carbonyl (C=O) groups excluding carboxylic acids is 2. The lowest BCUT2D eigenvalue weighted by Crippen LogP contribution is -2.38. The summed E-state index contributed by atoms with van der Waals surface area (Å²) in [6, 6.07) is 15.0. The summed E-state index contributed by atoms with van der Waals surface area (Å²) in [5.41, 5.74) is 3.47. The maximum atomic E-state index is 12.8. The Bertz CT molecular complexity index is 920. The SMILES string of the molecule is CN(C)C(=O)C(=O)NCc1ccc(Nc2ccc(N3CCC(C(F)(F)F)CC3)cc2)cc1. The Balaban J connectivity index is 1.50. The number of amides is 2. The van der Waals surface area contributed by atoms with E-state index in [1.165, 1.54) is 19.0 Å². The molecule has 0 aliphatic carbocycles. The van der Waals surface area contributed by atoms with Gasteiger partial charge in [-0.2, -0.15) is 13.2 Å². The fourth-order valence-corrected chi connectivity index (χ4v) is 3.55. The van der Waals surface area contributed by atoms with Crippen LogP contribution in [0.2, 0.25) is 0 Å². The summed E-state index contributed by atoms with van der Waals surface area (Å²) in [6.07, 6.45) is -3.86. The van der Waals surface area contributed by atoms with Gasteiger partial charge in [-0.3, -0.25) is 9.59 Å². The van der Waals surface area contributed by atoms with Crippen molar-refractivity contribution in [3.8, 4) is 0 Å². The molecular formula is C23H27F3N4O2. The normalized spacial score (nSPS) is 14.7. The number of likely N-dealkylation sites (N-methyl/N-ethyl adjacent to an activating group) is 1. The average molecular weight is 448 g/mol. The van der Waals surface area contributed by atoms with Crippen LogP contribution in [0.3, 0.4) is 0 Å². The molecule has 0 radical (unpaired) electrons. The minimum Gasteiger partial charge on any atom is -0.372 e. The third-order valence-electron chi connectivity index (χ3n) is 5.49. The van der Waals surface area contributed by atoms with Crippen LogP contribution in [0.25, 0.3) is 0 Å². The van der Waals surface area contributed by atoms with Gasteiger partial charge in [0.2, 0.25) is 0 Å². The third-order valence-corrected chi connectivity index (χ3v) is 5.49. The van der Waals surface area contributed by atoms with Crippen LogP contribution in [0.4, 0.5) is 30.2 Å². The molecule has 1 heterocycles. The number of anilines is 3. The number of hydrogen-bond acceptors (Lipinski definition) is 4. The first-order valence-corrected chi connectivity index (χ1v) is 10.4. The molecule has 6 nitrogen and oxygen atoms in total. The van der Waals surface area contributed by atoms with Crippen molar-refractivity contribution >= 4 is 28.9 Å². The molecule has 2 aromatic carbocycles. The second-order valence-electron chi connectivity index (χ2n) is 8.05. The zero-order chi connectivity index (χ0) is 23.3. The molecule has 0 unspecified atom stereocenters. The second-order valence-corrected chi connectivity index (χ2v) is 8.05. The van der Waals surface area contributed by atoms with Gasteiger partial charge >= 0.3 is 18.0 Å². The van der Waals surface area contributed by atoms with Gasteiger partial charge in [0.15, 0.2) is 0 Å². The molecule has 172 valence electrons.